The van der Waals surface area contributed by atoms with Crippen molar-refractivity contribution in [1.29, 1.82) is 0 Å². The number of nitrogens with two attached hydrogens (primary N) is 1. The highest BCUT2D eigenvalue weighted by atomic mass is 16.6. The Bertz CT molecular complexity index is 700. The number of amides is 2. The van der Waals surface area contributed by atoms with Gasteiger partial charge in [-0.3, -0.25) is 4.79 Å². The monoisotopic (exact) mass is 350 g/mol. The van der Waals surface area contributed by atoms with Crippen LogP contribution < -0.4 is 16.0 Å². The molecule has 1 aromatic heterocycles. The van der Waals surface area contributed by atoms with E-state index >= 15 is 0 Å². The van der Waals surface area contributed by atoms with Crippen LogP contribution >= 0.6 is 0 Å². The van der Waals surface area contributed by atoms with Crippen molar-refractivity contribution in [2.45, 2.75) is 38.3 Å². The number of pyridine rings is 1. The summed E-state index contributed by atoms with van der Waals surface area (Å²) < 4.78 is 5.16. The van der Waals surface area contributed by atoms with Gasteiger partial charge in [0.25, 0.3) is 0 Å². The molecule has 0 saturated carbocycles. The fraction of sp³-hybridized carbons (Fsp3) is 0.500. The highest BCUT2D eigenvalue weighted by Gasteiger charge is 2.47. The van der Waals surface area contributed by atoms with Gasteiger partial charge in [0, 0.05) is 24.7 Å². The van der Waals surface area contributed by atoms with Crippen molar-refractivity contribution >= 4 is 23.8 Å². The number of carboxylic acid groups (broad SMARTS) is 1. The van der Waals surface area contributed by atoms with Crippen LogP contribution in [0.15, 0.2) is 18.3 Å². The normalized spacial score (nSPS) is 20.2. The molecule has 1 aromatic rings. The summed E-state index contributed by atoms with van der Waals surface area (Å²) in [7, 11) is 0. The molecule has 9 nitrogen and oxygen atoms in total. The number of carbonyl (C=O) groups is 3. The minimum absolute atomic E-state index is 0.00318. The van der Waals surface area contributed by atoms with E-state index in [0.29, 0.717) is 12.4 Å². The zero-order valence-electron chi connectivity index (χ0n) is 14.4. The lowest BCUT2D eigenvalue weighted by atomic mass is 9.99. The van der Waals surface area contributed by atoms with Crippen LogP contribution in [0.1, 0.15) is 37.6 Å². The standard InChI is InChI=1S/C16H22N4O5/c1-15(2,3)25-14(24)19-16(13(22)23)5-7-20(9-16)11-8-10(12(17)21)4-6-18-11/h4,6,8H,5,7,9H2,1-3H3,(H2,17,21)(H,19,24)(H,22,23). The topological polar surface area (TPSA) is 135 Å². The summed E-state index contributed by atoms with van der Waals surface area (Å²) in [5.41, 5.74) is 3.30. The van der Waals surface area contributed by atoms with E-state index in [0.717, 1.165) is 0 Å². The van der Waals surface area contributed by atoms with Crippen LogP contribution in [0.25, 0.3) is 0 Å². The average Bonchev–Trinajstić information content (AvgIpc) is 2.90. The fourth-order valence-corrected chi connectivity index (χ4v) is 2.58. The molecule has 4 N–H and O–H groups in total. The lowest BCUT2D eigenvalue weighted by molar-refractivity contribution is -0.143. The predicted molar refractivity (Wildman–Crippen MR) is 89.3 cm³/mol. The van der Waals surface area contributed by atoms with E-state index in [4.69, 9.17) is 10.5 Å². The Labute approximate surface area is 145 Å². The molecule has 2 amide bonds. The Hall–Kier alpha value is -2.84. The predicted octanol–water partition coefficient (Wildman–Crippen LogP) is 0.739. The molecular weight excluding hydrogens is 328 g/mol. The number of hydrogen-bond acceptors (Lipinski definition) is 6. The van der Waals surface area contributed by atoms with Gasteiger partial charge in [0.1, 0.15) is 11.4 Å². The third-order valence-electron chi connectivity index (χ3n) is 3.77. The lowest BCUT2D eigenvalue weighted by Crippen LogP contribution is -2.57. The first kappa shape index (κ1) is 18.5. The van der Waals surface area contributed by atoms with E-state index in [-0.39, 0.29) is 18.5 Å². The zero-order valence-corrected chi connectivity index (χ0v) is 14.4. The Morgan fingerprint density at radius 2 is 2.08 bits per heavy atom. The lowest BCUT2D eigenvalue weighted by Gasteiger charge is -2.28. The highest BCUT2D eigenvalue weighted by Crippen LogP contribution is 2.27. The quantitative estimate of drug-likeness (QED) is 0.729. The summed E-state index contributed by atoms with van der Waals surface area (Å²) in [6, 6.07) is 2.97. The van der Waals surface area contributed by atoms with Gasteiger partial charge in [-0.2, -0.15) is 0 Å². The summed E-state index contributed by atoms with van der Waals surface area (Å²) >= 11 is 0. The van der Waals surface area contributed by atoms with Gasteiger partial charge >= 0.3 is 12.1 Å². The summed E-state index contributed by atoms with van der Waals surface area (Å²) in [6.07, 6.45) is 0.803. The number of nitrogens with zero attached hydrogens (tertiary/aromatic N) is 2. The van der Waals surface area contributed by atoms with E-state index in [1.165, 1.54) is 18.3 Å². The number of alkyl carbamates (subject to hydrolysis) is 1. The van der Waals surface area contributed by atoms with Crippen molar-refractivity contribution < 1.29 is 24.2 Å². The average molecular weight is 350 g/mol. The van der Waals surface area contributed by atoms with E-state index in [1.807, 2.05) is 0 Å². The summed E-state index contributed by atoms with van der Waals surface area (Å²) in [4.78, 5) is 40.9. The van der Waals surface area contributed by atoms with E-state index < -0.39 is 29.1 Å². The smallest absolute Gasteiger partial charge is 0.408 e. The van der Waals surface area contributed by atoms with Crippen LogP contribution in [0.3, 0.4) is 0 Å². The van der Waals surface area contributed by atoms with Crippen LogP contribution in [0.4, 0.5) is 10.6 Å². The van der Waals surface area contributed by atoms with Crippen LogP contribution in [-0.4, -0.2) is 52.3 Å². The molecule has 0 bridgehead atoms. The van der Waals surface area contributed by atoms with Gasteiger partial charge in [-0.05, 0) is 32.9 Å². The van der Waals surface area contributed by atoms with Crippen molar-refractivity contribution in [1.82, 2.24) is 10.3 Å². The number of carbonyl (C=O) groups excluding carboxylic acids is 2. The summed E-state index contributed by atoms with van der Waals surface area (Å²) in [6.45, 7) is 5.43. The van der Waals surface area contributed by atoms with Gasteiger partial charge in [0.05, 0.1) is 6.54 Å². The third-order valence-corrected chi connectivity index (χ3v) is 3.77. The Morgan fingerprint density at radius 1 is 1.40 bits per heavy atom. The molecule has 1 fully saturated rings. The molecule has 9 heteroatoms. The molecule has 1 aliphatic heterocycles. The minimum Gasteiger partial charge on any atom is -0.479 e. The van der Waals surface area contributed by atoms with E-state index in [9.17, 15) is 19.5 Å². The molecule has 1 aliphatic rings. The maximum atomic E-state index is 12.0. The van der Waals surface area contributed by atoms with Gasteiger partial charge in [0.2, 0.25) is 5.91 Å². The highest BCUT2D eigenvalue weighted by molar-refractivity contribution is 5.93. The summed E-state index contributed by atoms with van der Waals surface area (Å²) in [5, 5.41) is 12.1. The third kappa shape index (κ3) is 4.37. The second-order valence-electron chi connectivity index (χ2n) is 6.95. The van der Waals surface area contributed by atoms with Crippen LogP contribution in [0.5, 0.6) is 0 Å². The zero-order chi connectivity index (χ0) is 18.8. The number of hydrogen-bond donors (Lipinski definition) is 3. The summed E-state index contributed by atoms with van der Waals surface area (Å²) in [5.74, 6) is -1.34. The Balaban J connectivity index is 2.18. The van der Waals surface area contributed by atoms with Crippen LogP contribution in [0.2, 0.25) is 0 Å². The largest absolute Gasteiger partial charge is 0.479 e. The first-order valence-corrected chi connectivity index (χ1v) is 7.78. The molecule has 25 heavy (non-hydrogen) atoms. The SMILES string of the molecule is CC(C)(C)OC(=O)NC1(C(=O)O)CCN(c2cc(C(N)=O)ccn2)C1. The number of ether oxygens (including phenoxy) is 1. The van der Waals surface area contributed by atoms with E-state index in [2.05, 4.69) is 10.3 Å². The van der Waals surface area contributed by atoms with Crippen LogP contribution in [0, 0.1) is 0 Å². The second-order valence-corrected chi connectivity index (χ2v) is 6.95. The molecule has 2 rings (SSSR count). The van der Waals surface area contributed by atoms with Gasteiger partial charge in [-0.25, -0.2) is 14.6 Å². The number of primary amides is 1. The number of aliphatic carboxylic acids is 1. The van der Waals surface area contributed by atoms with Gasteiger partial charge in [0.15, 0.2) is 5.54 Å². The Morgan fingerprint density at radius 3 is 2.64 bits per heavy atom. The van der Waals surface area contributed by atoms with Crippen molar-refractivity contribution in [2.24, 2.45) is 5.73 Å². The number of carboxylic acids is 1. The molecule has 0 spiro atoms. The molecule has 136 valence electrons. The van der Waals surface area contributed by atoms with Crippen molar-refractivity contribution in [3.63, 3.8) is 0 Å². The molecule has 1 unspecified atom stereocenters. The van der Waals surface area contributed by atoms with Gasteiger partial charge in [-0.15, -0.1) is 0 Å². The molecule has 1 atom stereocenters. The van der Waals surface area contributed by atoms with Crippen LogP contribution in [-0.2, 0) is 9.53 Å². The number of anilines is 1. The first-order valence-electron chi connectivity index (χ1n) is 7.78. The second kappa shape index (κ2) is 6.58. The van der Waals surface area contributed by atoms with Gasteiger partial charge in [-0.1, -0.05) is 0 Å². The van der Waals surface area contributed by atoms with Crippen molar-refractivity contribution in [2.75, 3.05) is 18.0 Å². The van der Waals surface area contributed by atoms with Crippen molar-refractivity contribution in [3.05, 3.63) is 23.9 Å². The van der Waals surface area contributed by atoms with Crippen molar-refractivity contribution in [3.8, 4) is 0 Å². The molecule has 0 radical (unpaired) electrons. The molecular formula is C16H22N4O5. The maximum Gasteiger partial charge on any atom is 0.408 e. The number of nitrogens with one attached hydrogen (secondary N) is 1. The maximum absolute atomic E-state index is 12.0. The molecule has 1 saturated heterocycles. The first-order chi connectivity index (χ1) is 11.5. The van der Waals surface area contributed by atoms with Gasteiger partial charge < -0.3 is 25.8 Å². The molecule has 0 aromatic carbocycles. The fourth-order valence-electron chi connectivity index (χ4n) is 2.58. The molecule has 2 heterocycles. The van der Waals surface area contributed by atoms with E-state index in [1.54, 1.807) is 25.7 Å². The molecule has 0 aliphatic carbocycles. The Kier molecular flexibility index (Phi) is 4.87. The number of aromatic nitrogens is 1. The minimum atomic E-state index is -1.49. The number of rotatable bonds is 4.